The lowest BCUT2D eigenvalue weighted by Crippen LogP contribution is -2.49. The summed E-state index contributed by atoms with van der Waals surface area (Å²) < 4.78 is 27.4. The highest BCUT2D eigenvalue weighted by atomic mass is 32.1. The molecule has 2 amide bonds. The molecule has 4 nitrogen and oxygen atoms in total. The molecule has 3 aromatic rings. The van der Waals surface area contributed by atoms with E-state index in [2.05, 4.69) is 17.6 Å². The van der Waals surface area contributed by atoms with Crippen LogP contribution in [0.3, 0.4) is 0 Å². The summed E-state index contributed by atoms with van der Waals surface area (Å²) in [5.74, 6) is -0.973. The Labute approximate surface area is 178 Å². The molecule has 0 spiro atoms. The van der Waals surface area contributed by atoms with Crippen LogP contribution in [0.2, 0.25) is 0 Å². The largest absolute Gasteiger partial charge is 0.330 e. The van der Waals surface area contributed by atoms with Crippen molar-refractivity contribution in [3.63, 3.8) is 0 Å². The Morgan fingerprint density at radius 1 is 1.03 bits per heavy atom. The molecule has 2 heterocycles. The third-order valence-corrected chi connectivity index (χ3v) is 5.46. The maximum absolute atomic E-state index is 14.0. The normalized spacial score (nSPS) is 13.9. The lowest BCUT2D eigenvalue weighted by Gasteiger charge is -2.34. The number of carbonyl (C=O) groups is 1. The molecule has 0 saturated carbocycles. The van der Waals surface area contributed by atoms with Gasteiger partial charge in [0, 0.05) is 29.7 Å². The predicted octanol–water partition coefficient (Wildman–Crippen LogP) is 5.78. The molecule has 152 valence electrons. The smallest absolute Gasteiger partial charge is 0.294 e. The molecule has 2 aromatic carbocycles. The van der Waals surface area contributed by atoms with Crippen LogP contribution >= 0.6 is 24.0 Å². The Morgan fingerprint density at radius 3 is 2.38 bits per heavy atom. The van der Waals surface area contributed by atoms with Crippen molar-refractivity contribution in [2.45, 2.75) is 13.3 Å². The number of carbonyl (C=O) groups excluding carboxylic acids is 1. The molecular formula is C21H21F2N3OS2. The van der Waals surface area contributed by atoms with E-state index in [-0.39, 0.29) is 11.6 Å². The molecular weight excluding hydrogens is 412 g/mol. The maximum atomic E-state index is 14.0. The van der Waals surface area contributed by atoms with Crippen LogP contribution in [-0.4, -0.2) is 30.4 Å². The van der Waals surface area contributed by atoms with Gasteiger partial charge in [0.15, 0.2) is 5.13 Å². The summed E-state index contributed by atoms with van der Waals surface area (Å²) in [7, 11) is 0. The van der Waals surface area contributed by atoms with E-state index in [1.807, 2.05) is 12.3 Å². The first-order valence-corrected chi connectivity index (χ1v) is 10.8. The molecule has 0 N–H and O–H groups in total. The molecule has 1 fully saturated rings. The van der Waals surface area contributed by atoms with Gasteiger partial charge in [0.1, 0.15) is 11.6 Å². The highest BCUT2D eigenvalue weighted by Crippen LogP contribution is 2.30. The molecule has 1 aliphatic rings. The molecule has 1 saturated heterocycles. The topological polar surface area (TPSA) is 36.4 Å². The number of amides is 2. The van der Waals surface area contributed by atoms with Crippen molar-refractivity contribution < 1.29 is 13.6 Å². The van der Waals surface area contributed by atoms with E-state index in [1.54, 1.807) is 40.3 Å². The molecule has 0 unspecified atom stereocenters. The monoisotopic (exact) mass is 433 g/mol. The van der Waals surface area contributed by atoms with Crippen LogP contribution < -0.4 is 9.80 Å². The number of urea groups is 1. The van der Waals surface area contributed by atoms with Crippen molar-refractivity contribution in [3.05, 3.63) is 65.2 Å². The Hall–Kier alpha value is -2.45. The van der Waals surface area contributed by atoms with Gasteiger partial charge in [0.2, 0.25) is 0 Å². The van der Waals surface area contributed by atoms with Gasteiger partial charge in [-0.3, -0.25) is 9.80 Å². The zero-order valence-corrected chi connectivity index (χ0v) is 17.8. The van der Waals surface area contributed by atoms with Gasteiger partial charge in [-0.1, -0.05) is 12.1 Å². The van der Waals surface area contributed by atoms with Crippen LogP contribution in [0, 0.1) is 18.6 Å². The Kier molecular flexibility index (Phi) is 6.87. The van der Waals surface area contributed by atoms with Gasteiger partial charge in [-0.15, -0.1) is 11.3 Å². The summed E-state index contributed by atoms with van der Waals surface area (Å²) in [5.41, 5.74) is 2.37. The fourth-order valence-electron chi connectivity index (χ4n) is 3.15. The molecule has 0 bridgehead atoms. The van der Waals surface area contributed by atoms with Gasteiger partial charge in [-0.2, -0.15) is 12.6 Å². The molecule has 8 heteroatoms. The Bertz CT molecular complexity index is 992. The van der Waals surface area contributed by atoms with Gasteiger partial charge in [0.25, 0.3) is 0 Å². The second-order valence-corrected chi connectivity index (χ2v) is 7.22. The van der Waals surface area contributed by atoms with Gasteiger partial charge in [0.05, 0.1) is 5.69 Å². The zero-order valence-electron chi connectivity index (χ0n) is 16.1. The molecule has 0 radical (unpaired) electrons. The number of nitrogens with zero attached hydrogens (tertiary/aromatic N) is 3. The van der Waals surface area contributed by atoms with E-state index in [4.69, 9.17) is 0 Å². The van der Waals surface area contributed by atoms with Gasteiger partial charge < -0.3 is 0 Å². The first kappa shape index (κ1) is 21.3. The standard InChI is InChI=1S/C20H17F2N3OS.CH4S/c1-13-12-27-19(23-13)25-10-2-9-24(20(25)26)16-6-3-14(4-7-16)17-11-15(21)5-8-18(17)22;1-2/h3-8,11-12H,2,9-10H2,1H3;2H,1H3. The SMILES string of the molecule is CS.Cc1csc(N2CCCN(c3ccc(-c4cc(F)ccc4F)cc3)C2=O)n1. The Morgan fingerprint density at radius 2 is 1.72 bits per heavy atom. The number of hydrogen-bond donors (Lipinski definition) is 1. The number of aromatic nitrogens is 1. The van der Waals surface area contributed by atoms with Crippen LogP contribution in [0.1, 0.15) is 12.1 Å². The minimum absolute atomic E-state index is 0.125. The summed E-state index contributed by atoms with van der Waals surface area (Å²) in [6.07, 6.45) is 2.52. The number of thiol groups is 1. The summed E-state index contributed by atoms with van der Waals surface area (Å²) in [5, 5.41) is 2.62. The van der Waals surface area contributed by atoms with Crippen LogP contribution in [-0.2, 0) is 0 Å². The number of thiazole rings is 1. The minimum Gasteiger partial charge on any atom is -0.294 e. The maximum Gasteiger partial charge on any atom is 0.330 e. The van der Waals surface area contributed by atoms with Crippen molar-refractivity contribution in [1.82, 2.24) is 4.98 Å². The van der Waals surface area contributed by atoms with Crippen LogP contribution in [0.4, 0.5) is 24.4 Å². The van der Waals surface area contributed by atoms with Crippen LogP contribution in [0.5, 0.6) is 0 Å². The fraction of sp³-hybridized carbons (Fsp3) is 0.238. The summed E-state index contributed by atoms with van der Waals surface area (Å²) in [6.45, 7) is 3.14. The summed E-state index contributed by atoms with van der Waals surface area (Å²) in [4.78, 5) is 20.7. The Balaban J connectivity index is 0.00000117. The summed E-state index contributed by atoms with van der Waals surface area (Å²) >= 11 is 4.98. The fourth-order valence-corrected chi connectivity index (χ4v) is 3.97. The van der Waals surface area contributed by atoms with Gasteiger partial charge in [-0.05, 0) is 55.5 Å². The number of halogens is 2. The zero-order chi connectivity index (χ0) is 21.0. The highest BCUT2D eigenvalue weighted by Gasteiger charge is 2.29. The second-order valence-electron chi connectivity index (χ2n) is 6.38. The van der Waals surface area contributed by atoms with Crippen molar-refractivity contribution >= 4 is 40.8 Å². The minimum atomic E-state index is -0.490. The first-order chi connectivity index (χ1) is 14.0. The van der Waals surface area contributed by atoms with Crippen molar-refractivity contribution in [2.24, 2.45) is 0 Å². The predicted molar refractivity (Wildman–Crippen MR) is 118 cm³/mol. The number of rotatable bonds is 3. The van der Waals surface area contributed by atoms with E-state index in [0.29, 0.717) is 23.8 Å². The first-order valence-electron chi connectivity index (χ1n) is 9.04. The van der Waals surface area contributed by atoms with E-state index >= 15 is 0 Å². The molecule has 0 atom stereocenters. The van der Waals surface area contributed by atoms with Crippen molar-refractivity contribution in [2.75, 3.05) is 29.1 Å². The molecule has 29 heavy (non-hydrogen) atoms. The molecule has 0 aliphatic carbocycles. The molecule has 1 aliphatic heterocycles. The van der Waals surface area contributed by atoms with Gasteiger partial charge >= 0.3 is 6.03 Å². The number of anilines is 2. The summed E-state index contributed by atoms with van der Waals surface area (Å²) in [6, 6.07) is 10.2. The third kappa shape index (κ3) is 4.59. The average Bonchev–Trinajstić information content (AvgIpc) is 3.18. The van der Waals surface area contributed by atoms with E-state index < -0.39 is 11.6 Å². The van der Waals surface area contributed by atoms with Crippen LogP contribution in [0.15, 0.2) is 47.8 Å². The van der Waals surface area contributed by atoms with E-state index in [1.165, 1.54) is 17.4 Å². The van der Waals surface area contributed by atoms with Crippen LogP contribution in [0.25, 0.3) is 11.1 Å². The molecule has 1 aromatic heterocycles. The molecule has 4 rings (SSSR count). The quantitative estimate of drug-likeness (QED) is 0.532. The highest BCUT2D eigenvalue weighted by molar-refractivity contribution is 7.79. The van der Waals surface area contributed by atoms with E-state index in [0.717, 1.165) is 29.9 Å². The lowest BCUT2D eigenvalue weighted by atomic mass is 10.0. The lowest BCUT2D eigenvalue weighted by molar-refractivity contribution is 0.248. The van der Waals surface area contributed by atoms with Gasteiger partial charge in [-0.25, -0.2) is 18.6 Å². The average molecular weight is 434 g/mol. The number of aryl methyl sites for hydroxylation is 1. The number of benzene rings is 2. The second kappa shape index (κ2) is 9.37. The van der Waals surface area contributed by atoms with Crippen molar-refractivity contribution in [3.8, 4) is 11.1 Å². The number of hydrogen-bond acceptors (Lipinski definition) is 4. The third-order valence-electron chi connectivity index (χ3n) is 4.48. The van der Waals surface area contributed by atoms with Crippen molar-refractivity contribution in [1.29, 1.82) is 0 Å². The van der Waals surface area contributed by atoms with E-state index in [9.17, 15) is 13.6 Å².